The van der Waals surface area contributed by atoms with Crippen molar-refractivity contribution in [1.82, 2.24) is 19.8 Å². The first-order chi connectivity index (χ1) is 7.29. The lowest BCUT2D eigenvalue weighted by Gasteiger charge is -2.26. The van der Waals surface area contributed by atoms with Crippen molar-refractivity contribution < 1.29 is 0 Å². The van der Waals surface area contributed by atoms with Crippen molar-refractivity contribution in [2.24, 2.45) is 0 Å². The van der Waals surface area contributed by atoms with Gasteiger partial charge in [-0.3, -0.25) is 4.90 Å². The van der Waals surface area contributed by atoms with E-state index in [1.807, 2.05) is 0 Å². The summed E-state index contributed by atoms with van der Waals surface area (Å²) in [5.74, 6) is 1.21. The van der Waals surface area contributed by atoms with Gasteiger partial charge in [0.15, 0.2) is 0 Å². The highest BCUT2D eigenvalue weighted by Gasteiger charge is 2.13. The predicted molar refractivity (Wildman–Crippen MR) is 60.8 cm³/mol. The minimum Gasteiger partial charge on any atom is -0.334 e. The largest absolute Gasteiger partial charge is 0.334 e. The summed E-state index contributed by atoms with van der Waals surface area (Å²) >= 11 is 0. The van der Waals surface area contributed by atoms with Crippen LogP contribution in [0, 0.1) is 6.92 Å². The highest BCUT2D eigenvalue weighted by Crippen LogP contribution is 2.06. The first kappa shape index (κ1) is 10.6. The van der Waals surface area contributed by atoms with Gasteiger partial charge in [-0.1, -0.05) is 0 Å². The van der Waals surface area contributed by atoms with Gasteiger partial charge in [-0.15, -0.1) is 0 Å². The molecule has 0 unspecified atom stereocenters. The van der Waals surface area contributed by atoms with Crippen LogP contribution in [-0.2, 0) is 13.1 Å². The smallest absolute Gasteiger partial charge is 0.123 e. The van der Waals surface area contributed by atoms with Crippen LogP contribution in [0.5, 0.6) is 0 Å². The maximum absolute atomic E-state index is 4.58. The number of hydrogen-bond acceptors (Lipinski definition) is 3. The van der Waals surface area contributed by atoms with Gasteiger partial charge >= 0.3 is 0 Å². The number of rotatable bonds is 3. The Morgan fingerprint density at radius 1 is 1.40 bits per heavy atom. The summed E-state index contributed by atoms with van der Waals surface area (Å²) in [6.45, 7) is 10.7. The average molecular weight is 208 g/mol. The summed E-state index contributed by atoms with van der Waals surface area (Å²) in [7, 11) is 0. The monoisotopic (exact) mass is 208 g/mol. The van der Waals surface area contributed by atoms with Crippen LogP contribution in [0.3, 0.4) is 0 Å². The zero-order valence-electron chi connectivity index (χ0n) is 9.66. The molecule has 1 aliphatic heterocycles. The van der Waals surface area contributed by atoms with Crippen LogP contribution < -0.4 is 5.32 Å². The first-order valence-electron chi connectivity index (χ1n) is 5.75. The van der Waals surface area contributed by atoms with Crippen molar-refractivity contribution in [3.63, 3.8) is 0 Å². The molecule has 0 atom stereocenters. The Bertz CT molecular complexity index is 312. The maximum atomic E-state index is 4.58. The third-order valence-electron chi connectivity index (χ3n) is 2.89. The van der Waals surface area contributed by atoms with Crippen molar-refractivity contribution in [2.45, 2.75) is 26.9 Å². The topological polar surface area (TPSA) is 33.1 Å². The van der Waals surface area contributed by atoms with Gasteiger partial charge in [0.2, 0.25) is 0 Å². The molecule has 1 aromatic heterocycles. The molecule has 1 saturated heterocycles. The summed E-state index contributed by atoms with van der Waals surface area (Å²) in [4.78, 5) is 7.04. The predicted octanol–water partition coefficient (Wildman–Crippen LogP) is 0.617. The van der Waals surface area contributed by atoms with E-state index in [0.717, 1.165) is 45.0 Å². The van der Waals surface area contributed by atoms with Gasteiger partial charge in [0, 0.05) is 38.9 Å². The van der Waals surface area contributed by atoms with Crippen LogP contribution in [0.2, 0.25) is 0 Å². The molecule has 1 N–H and O–H groups in total. The van der Waals surface area contributed by atoms with Crippen LogP contribution in [-0.4, -0.2) is 40.6 Å². The van der Waals surface area contributed by atoms with Gasteiger partial charge < -0.3 is 9.88 Å². The number of imidazole rings is 1. The summed E-state index contributed by atoms with van der Waals surface area (Å²) in [5, 5.41) is 3.37. The Morgan fingerprint density at radius 2 is 2.13 bits per heavy atom. The standard InChI is InChI=1S/C11H20N4/c1-3-15-8-10(2)13-11(15)9-14-6-4-12-5-7-14/h8,12H,3-7,9H2,1-2H3. The number of piperazine rings is 1. The zero-order chi connectivity index (χ0) is 10.7. The molecule has 0 aliphatic carbocycles. The quantitative estimate of drug-likeness (QED) is 0.790. The number of nitrogens with zero attached hydrogens (tertiary/aromatic N) is 3. The molecule has 1 fully saturated rings. The van der Waals surface area contributed by atoms with Crippen LogP contribution in [0.4, 0.5) is 0 Å². The van der Waals surface area contributed by atoms with E-state index in [-0.39, 0.29) is 0 Å². The Morgan fingerprint density at radius 3 is 2.80 bits per heavy atom. The Kier molecular flexibility index (Phi) is 3.38. The van der Waals surface area contributed by atoms with E-state index < -0.39 is 0 Å². The molecule has 0 bridgehead atoms. The fourth-order valence-corrected chi connectivity index (χ4v) is 2.07. The highest BCUT2D eigenvalue weighted by atomic mass is 15.2. The van der Waals surface area contributed by atoms with Crippen molar-refractivity contribution >= 4 is 0 Å². The molecule has 0 saturated carbocycles. The molecule has 15 heavy (non-hydrogen) atoms. The van der Waals surface area contributed by atoms with E-state index in [2.05, 4.69) is 39.8 Å². The van der Waals surface area contributed by atoms with E-state index in [0.29, 0.717) is 0 Å². The zero-order valence-corrected chi connectivity index (χ0v) is 9.66. The number of nitrogens with one attached hydrogen (secondary N) is 1. The number of hydrogen-bond donors (Lipinski definition) is 1. The van der Waals surface area contributed by atoms with E-state index in [1.54, 1.807) is 0 Å². The fraction of sp³-hybridized carbons (Fsp3) is 0.727. The lowest BCUT2D eigenvalue weighted by Crippen LogP contribution is -2.43. The molecular formula is C11H20N4. The molecule has 4 nitrogen and oxygen atoms in total. The van der Waals surface area contributed by atoms with Crippen LogP contribution in [0.1, 0.15) is 18.4 Å². The Hall–Kier alpha value is -0.870. The van der Waals surface area contributed by atoms with Gasteiger partial charge in [-0.25, -0.2) is 4.98 Å². The number of aryl methyl sites for hydroxylation is 2. The fourth-order valence-electron chi connectivity index (χ4n) is 2.07. The lowest BCUT2D eigenvalue weighted by molar-refractivity contribution is 0.225. The molecule has 1 aliphatic rings. The second kappa shape index (κ2) is 4.77. The minimum absolute atomic E-state index is 0.989. The van der Waals surface area contributed by atoms with E-state index in [4.69, 9.17) is 0 Å². The molecular weight excluding hydrogens is 188 g/mol. The van der Waals surface area contributed by atoms with Crippen LogP contribution in [0.15, 0.2) is 6.20 Å². The normalized spacial score (nSPS) is 18.3. The van der Waals surface area contributed by atoms with Crippen molar-refractivity contribution in [3.8, 4) is 0 Å². The third-order valence-corrected chi connectivity index (χ3v) is 2.89. The summed E-state index contributed by atoms with van der Waals surface area (Å²) in [6.07, 6.45) is 2.14. The van der Waals surface area contributed by atoms with Gasteiger partial charge in [0.05, 0.1) is 12.2 Å². The summed E-state index contributed by atoms with van der Waals surface area (Å²) in [5.41, 5.74) is 1.13. The Labute approximate surface area is 91.3 Å². The molecule has 0 amide bonds. The third kappa shape index (κ3) is 2.58. The van der Waals surface area contributed by atoms with Crippen molar-refractivity contribution in [1.29, 1.82) is 0 Å². The lowest BCUT2D eigenvalue weighted by atomic mass is 10.3. The Balaban J connectivity index is 2.02. The minimum atomic E-state index is 0.989. The highest BCUT2D eigenvalue weighted by molar-refractivity contribution is 5.02. The van der Waals surface area contributed by atoms with Crippen molar-refractivity contribution in [2.75, 3.05) is 26.2 Å². The van der Waals surface area contributed by atoms with Gasteiger partial charge in [0.1, 0.15) is 5.82 Å². The molecule has 1 aromatic rings. The van der Waals surface area contributed by atoms with E-state index in [1.165, 1.54) is 5.82 Å². The van der Waals surface area contributed by atoms with E-state index >= 15 is 0 Å². The molecule has 4 heteroatoms. The molecule has 0 spiro atoms. The summed E-state index contributed by atoms with van der Waals surface area (Å²) in [6, 6.07) is 0. The average Bonchev–Trinajstić information content (AvgIpc) is 2.60. The van der Waals surface area contributed by atoms with Crippen LogP contribution >= 0.6 is 0 Å². The molecule has 84 valence electrons. The summed E-state index contributed by atoms with van der Waals surface area (Å²) < 4.78 is 2.25. The van der Waals surface area contributed by atoms with E-state index in [9.17, 15) is 0 Å². The van der Waals surface area contributed by atoms with Gasteiger partial charge in [-0.2, -0.15) is 0 Å². The first-order valence-corrected chi connectivity index (χ1v) is 5.75. The molecule has 0 radical (unpaired) electrons. The van der Waals surface area contributed by atoms with Gasteiger partial charge in [0.25, 0.3) is 0 Å². The second-order valence-electron chi connectivity index (χ2n) is 4.11. The molecule has 0 aromatic carbocycles. The SMILES string of the molecule is CCn1cc(C)nc1CN1CCNCC1. The molecule has 2 heterocycles. The van der Waals surface area contributed by atoms with Crippen molar-refractivity contribution in [3.05, 3.63) is 17.7 Å². The molecule has 2 rings (SSSR count). The van der Waals surface area contributed by atoms with Crippen LogP contribution in [0.25, 0.3) is 0 Å². The maximum Gasteiger partial charge on any atom is 0.123 e. The number of aromatic nitrogens is 2. The van der Waals surface area contributed by atoms with Gasteiger partial charge in [-0.05, 0) is 13.8 Å². The second-order valence-corrected chi connectivity index (χ2v) is 4.11.